The maximum absolute atomic E-state index is 16.1. The first-order chi connectivity index (χ1) is 19.4. The molecule has 217 valence electrons. The van der Waals surface area contributed by atoms with Crippen LogP contribution in [0.1, 0.15) is 48.8 Å². The molecule has 3 fully saturated rings. The molecule has 0 spiro atoms. The molecule has 1 aliphatic heterocycles. The number of aliphatic hydroxyl groups is 3. The van der Waals surface area contributed by atoms with Crippen LogP contribution in [0.25, 0.3) is 5.76 Å². The molecule has 2 unspecified atom stereocenters. The van der Waals surface area contributed by atoms with Gasteiger partial charge in [-0.3, -0.25) is 0 Å². The molecule has 1 aromatic carbocycles. The van der Waals surface area contributed by atoms with Gasteiger partial charge in [0, 0.05) is 0 Å². The van der Waals surface area contributed by atoms with E-state index >= 15 is 4.39 Å². The minimum atomic E-state index is -2.45. The van der Waals surface area contributed by atoms with E-state index in [0.717, 1.165) is 13.1 Å². The molecule has 11 heteroatoms. The van der Waals surface area contributed by atoms with E-state index in [1.807, 2.05) is 0 Å². The van der Waals surface area contributed by atoms with Gasteiger partial charge in [0.1, 0.15) is 0 Å². The number of nitrogens with zero attached hydrogens (tertiary/aromatic N) is 2. The monoisotopic (exact) mass is 564 g/mol. The summed E-state index contributed by atoms with van der Waals surface area (Å²) in [4.78, 5) is 30.0. The second-order valence-electron chi connectivity index (χ2n) is 12.8. The standard InChI is InChI=1S/C30H36BFN3O6/c1-34(2)24-18-8-15-7-17-21(25(37)20(15)28(39)30(18,41)27(31)22(26(24)38)29(33)40)19(36)9-16(23(17)32)12-35-10-13-5-3-4-6-14(13)11-35/h9,13-15,18,24,36-38,41H,3-8,10-12H2,1-2H3,(H2,33,40)/t13?,14?,15-,18-,24-,30+/m0/s1. The van der Waals surface area contributed by atoms with Crippen molar-refractivity contribution in [2.75, 3.05) is 27.2 Å². The number of hydrogen-bond acceptors (Lipinski definition) is 8. The van der Waals surface area contributed by atoms with Crippen LogP contribution in [-0.4, -0.2) is 93.7 Å². The van der Waals surface area contributed by atoms with Crippen molar-refractivity contribution >= 4 is 30.4 Å². The van der Waals surface area contributed by atoms with E-state index in [0.29, 0.717) is 23.9 Å². The van der Waals surface area contributed by atoms with Crippen LogP contribution < -0.4 is 5.73 Å². The summed E-state index contributed by atoms with van der Waals surface area (Å²) in [6, 6.07) is 0.319. The molecule has 0 aromatic heterocycles. The van der Waals surface area contributed by atoms with Gasteiger partial charge in [0.05, 0.1) is 0 Å². The van der Waals surface area contributed by atoms with Gasteiger partial charge < -0.3 is 0 Å². The number of phenolic OH excluding ortho intramolecular Hbond substituents is 1. The number of hydrogen-bond donors (Lipinski definition) is 5. The van der Waals surface area contributed by atoms with Crippen molar-refractivity contribution in [2.24, 2.45) is 29.4 Å². The Morgan fingerprint density at radius 1 is 1.20 bits per heavy atom. The van der Waals surface area contributed by atoms with Gasteiger partial charge in [0.15, 0.2) is 0 Å². The number of fused-ring (bicyclic) bond motifs is 4. The predicted molar refractivity (Wildman–Crippen MR) is 151 cm³/mol. The Balaban J connectivity index is 1.40. The van der Waals surface area contributed by atoms with Crippen molar-refractivity contribution in [3.05, 3.63) is 45.5 Å². The summed E-state index contributed by atoms with van der Waals surface area (Å²) in [5.41, 5.74) is 1.98. The number of likely N-dealkylation sites (tertiary alicyclic amines) is 1. The second-order valence-corrected chi connectivity index (χ2v) is 12.8. The number of carbonyl (C=O) groups is 2. The molecule has 1 amide bonds. The zero-order chi connectivity index (χ0) is 29.5. The van der Waals surface area contributed by atoms with Crippen LogP contribution in [0.5, 0.6) is 5.75 Å². The van der Waals surface area contributed by atoms with Crippen LogP contribution in [0.15, 0.2) is 23.0 Å². The van der Waals surface area contributed by atoms with Gasteiger partial charge in [-0.15, -0.1) is 0 Å². The summed E-state index contributed by atoms with van der Waals surface area (Å²) < 4.78 is 16.1. The van der Waals surface area contributed by atoms with E-state index < -0.39 is 63.5 Å². The van der Waals surface area contributed by atoms with E-state index in [9.17, 15) is 30.0 Å². The third kappa shape index (κ3) is 4.03. The zero-order valence-electron chi connectivity index (χ0n) is 23.4. The molecule has 2 saturated carbocycles. The topological polar surface area (TPSA) is 148 Å². The summed E-state index contributed by atoms with van der Waals surface area (Å²) >= 11 is 0. The summed E-state index contributed by atoms with van der Waals surface area (Å²) in [5, 5.41) is 45.1. The third-order valence-corrected chi connectivity index (χ3v) is 10.3. The fraction of sp³-hybridized carbons (Fsp3) is 0.567. The van der Waals surface area contributed by atoms with Crippen molar-refractivity contribution in [3.63, 3.8) is 0 Å². The molecule has 1 radical (unpaired) electrons. The molecule has 1 saturated heterocycles. The van der Waals surface area contributed by atoms with Gasteiger partial charge in [-0.2, -0.15) is 0 Å². The number of aliphatic hydroxyl groups excluding tert-OH is 2. The summed E-state index contributed by atoms with van der Waals surface area (Å²) in [6.45, 7) is 2.12. The number of aromatic hydroxyl groups is 1. The van der Waals surface area contributed by atoms with Crippen LogP contribution >= 0.6 is 0 Å². The van der Waals surface area contributed by atoms with Crippen LogP contribution in [0.2, 0.25) is 0 Å². The first kappa shape index (κ1) is 28.1. The fourth-order valence-corrected chi connectivity index (χ4v) is 8.43. The van der Waals surface area contributed by atoms with Crippen molar-refractivity contribution in [2.45, 2.75) is 56.7 Å². The average molecular weight is 564 g/mol. The molecule has 4 aliphatic carbocycles. The van der Waals surface area contributed by atoms with Gasteiger partial charge >= 0.3 is 202 Å². The first-order valence-electron chi connectivity index (χ1n) is 14.3. The molecule has 1 aromatic rings. The first-order valence-corrected chi connectivity index (χ1v) is 14.3. The number of rotatable bonds is 4. The molecule has 0 bridgehead atoms. The molecule has 9 nitrogen and oxygen atoms in total. The average Bonchev–Trinajstić information content (AvgIpc) is 3.31. The predicted octanol–water partition coefficient (Wildman–Crippen LogP) is 1.50. The van der Waals surface area contributed by atoms with E-state index in [4.69, 9.17) is 13.2 Å². The van der Waals surface area contributed by atoms with Gasteiger partial charge in [0.25, 0.3) is 0 Å². The normalized spacial score (nSPS) is 33.5. The number of likely N-dealkylation sites (N-methyl/N-ethyl adjacent to an activating group) is 1. The SMILES string of the molecule is [B]=C1C(C(N)=O)=C(O)[C@@H](N(C)C)[C@@H]2C[C@@H]3Cc4c(F)c(CN5CC6CCCCC6C5)cc(O)c4C(O)=C3C(=O)[C@]12O. The van der Waals surface area contributed by atoms with Crippen LogP contribution in [0.3, 0.4) is 0 Å². The quantitative estimate of drug-likeness (QED) is 0.346. The van der Waals surface area contributed by atoms with Crippen molar-refractivity contribution in [1.82, 2.24) is 9.80 Å². The van der Waals surface area contributed by atoms with Gasteiger partial charge in [-0.1, -0.05) is 12.8 Å². The number of primary amides is 1. The molecule has 6 rings (SSSR count). The number of ketones is 1. The van der Waals surface area contributed by atoms with Crippen molar-refractivity contribution in [1.29, 1.82) is 0 Å². The number of phenols is 1. The molecule has 5 aliphatic rings. The molecule has 1 heterocycles. The van der Waals surface area contributed by atoms with Gasteiger partial charge in [0.2, 0.25) is 0 Å². The van der Waals surface area contributed by atoms with Crippen molar-refractivity contribution < 1.29 is 34.4 Å². The Labute approximate surface area is 239 Å². The molecule has 41 heavy (non-hydrogen) atoms. The number of halogens is 1. The Morgan fingerprint density at radius 2 is 1.83 bits per heavy atom. The van der Waals surface area contributed by atoms with Crippen LogP contribution in [0, 0.1) is 29.5 Å². The molecular weight excluding hydrogens is 528 g/mol. The second kappa shape index (κ2) is 9.78. The van der Waals surface area contributed by atoms with Crippen LogP contribution in [-0.2, 0) is 22.6 Å². The van der Waals surface area contributed by atoms with Gasteiger partial charge in [-0.25, -0.2) is 0 Å². The summed E-state index contributed by atoms with van der Waals surface area (Å²) in [5.74, 6) is -4.50. The Bertz CT molecular complexity index is 1430. The van der Waals surface area contributed by atoms with Crippen LogP contribution in [0.4, 0.5) is 4.39 Å². The molecule has 6 N–H and O–H groups in total. The Morgan fingerprint density at radius 3 is 2.41 bits per heavy atom. The Kier molecular flexibility index (Phi) is 6.71. The van der Waals surface area contributed by atoms with E-state index in [-0.39, 0.29) is 35.3 Å². The number of benzene rings is 1. The molecule has 6 atom stereocenters. The third-order valence-electron chi connectivity index (χ3n) is 10.3. The van der Waals surface area contributed by atoms with E-state index in [2.05, 4.69) is 4.90 Å². The summed E-state index contributed by atoms with van der Waals surface area (Å²) in [6.07, 6.45) is 4.86. The molecular formula is C30H36BFN3O6. The number of carbonyl (C=O) groups excluding carboxylic acids is 2. The Hall–Kier alpha value is -3.02. The summed E-state index contributed by atoms with van der Waals surface area (Å²) in [7, 11) is 9.39. The minimum absolute atomic E-state index is 0.00125. The maximum atomic E-state index is 16.1. The fourth-order valence-electron chi connectivity index (χ4n) is 8.43. The number of amides is 1. The zero-order valence-corrected chi connectivity index (χ0v) is 23.4. The van der Waals surface area contributed by atoms with Gasteiger partial charge in [-0.05, 0) is 24.7 Å². The van der Waals surface area contributed by atoms with E-state index in [1.165, 1.54) is 31.7 Å². The number of nitrogens with two attached hydrogens (primary N) is 1. The van der Waals surface area contributed by atoms with E-state index in [1.54, 1.807) is 19.0 Å². The number of Topliss-reactive ketones (excluding diaryl/α,β-unsaturated/α-hetero) is 1. The van der Waals surface area contributed by atoms with Crippen molar-refractivity contribution in [3.8, 4) is 5.75 Å².